The molecule has 128 valence electrons. The molecule has 0 radical (unpaired) electrons. The molecule has 0 bridgehead atoms. The first-order chi connectivity index (χ1) is 12.1. The number of nitrogens with one attached hydrogen (secondary N) is 2. The van der Waals surface area contributed by atoms with Gasteiger partial charge in [0, 0.05) is 11.8 Å². The number of fused-ring (bicyclic) bond motifs is 1. The smallest absolute Gasteiger partial charge is 0.261 e. The second kappa shape index (κ2) is 7.22. The summed E-state index contributed by atoms with van der Waals surface area (Å²) < 4.78 is 5.64. The molecule has 1 heterocycles. The summed E-state index contributed by atoms with van der Waals surface area (Å²) in [6.45, 7) is 1.68. The average Bonchev–Trinajstić information content (AvgIpc) is 2.62. The van der Waals surface area contributed by atoms with E-state index in [0.29, 0.717) is 11.3 Å². The van der Waals surface area contributed by atoms with Gasteiger partial charge in [0.25, 0.3) is 5.91 Å². The van der Waals surface area contributed by atoms with Crippen LogP contribution in [0.2, 0.25) is 0 Å². The largest absolute Gasteiger partial charge is 0.481 e. The molecule has 0 aliphatic heterocycles. The fourth-order valence-electron chi connectivity index (χ4n) is 3.01. The molecule has 25 heavy (non-hydrogen) atoms. The lowest BCUT2D eigenvalue weighted by atomic mass is 9.91. The molecule has 1 aliphatic rings. The van der Waals surface area contributed by atoms with Crippen LogP contribution in [-0.4, -0.2) is 17.0 Å². The summed E-state index contributed by atoms with van der Waals surface area (Å²) in [5.41, 5.74) is 2.27. The van der Waals surface area contributed by atoms with Crippen molar-refractivity contribution in [2.75, 3.05) is 0 Å². The summed E-state index contributed by atoms with van der Waals surface area (Å²) in [6.07, 6.45) is 1.88. The number of carbonyl (C=O) groups excluding carboxylic acids is 1. The number of H-pyrrole nitrogens is 1. The second-order valence-electron chi connectivity index (χ2n) is 6.11. The third kappa shape index (κ3) is 3.89. The second-order valence-corrected chi connectivity index (χ2v) is 6.11. The molecule has 0 spiro atoms. The van der Waals surface area contributed by atoms with E-state index in [9.17, 15) is 9.59 Å². The van der Waals surface area contributed by atoms with Crippen molar-refractivity contribution < 1.29 is 9.53 Å². The van der Waals surface area contributed by atoms with E-state index in [4.69, 9.17) is 10.00 Å². The van der Waals surface area contributed by atoms with Crippen LogP contribution in [0.3, 0.4) is 0 Å². The lowest BCUT2D eigenvalue weighted by molar-refractivity contribution is -0.128. The summed E-state index contributed by atoms with van der Waals surface area (Å²) >= 11 is 0. The molecule has 6 nitrogen and oxygen atoms in total. The minimum atomic E-state index is -0.666. The lowest BCUT2D eigenvalue weighted by Crippen LogP contribution is -2.40. The molecule has 1 aliphatic carbocycles. The first-order valence-electron chi connectivity index (χ1n) is 8.26. The first kappa shape index (κ1) is 16.8. The summed E-state index contributed by atoms with van der Waals surface area (Å²) in [4.78, 5) is 26.7. The third-order valence-electron chi connectivity index (χ3n) is 4.31. The van der Waals surface area contributed by atoms with Gasteiger partial charge in [-0.3, -0.25) is 9.59 Å². The highest BCUT2D eigenvalue weighted by atomic mass is 16.5. The van der Waals surface area contributed by atoms with Crippen molar-refractivity contribution in [3.63, 3.8) is 0 Å². The van der Waals surface area contributed by atoms with Gasteiger partial charge in [0.1, 0.15) is 5.75 Å². The molecular weight excluding hydrogens is 318 g/mol. The monoisotopic (exact) mass is 337 g/mol. The first-order valence-corrected chi connectivity index (χ1v) is 8.26. The van der Waals surface area contributed by atoms with Gasteiger partial charge in [-0.25, -0.2) is 0 Å². The van der Waals surface area contributed by atoms with Gasteiger partial charge in [0.2, 0.25) is 5.56 Å². The number of pyridine rings is 1. The normalized spacial score (nSPS) is 17.0. The number of nitrogens with zero attached hydrogens (tertiary/aromatic N) is 1. The van der Waals surface area contributed by atoms with Crippen LogP contribution in [-0.2, 0) is 11.2 Å². The Bertz CT molecular complexity index is 865. The highest BCUT2D eigenvalue weighted by Gasteiger charge is 2.25. The van der Waals surface area contributed by atoms with E-state index >= 15 is 0 Å². The number of nitriles is 1. The predicted molar refractivity (Wildman–Crippen MR) is 92.1 cm³/mol. The van der Waals surface area contributed by atoms with Crippen LogP contribution in [0.4, 0.5) is 0 Å². The third-order valence-corrected chi connectivity index (χ3v) is 4.31. The van der Waals surface area contributed by atoms with E-state index in [2.05, 4.69) is 10.3 Å². The number of rotatable bonds is 4. The minimum absolute atomic E-state index is 0.122. The maximum absolute atomic E-state index is 12.5. The van der Waals surface area contributed by atoms with Crippen LogP contribution >= 0.6 is 0 Å². The number of aromatic amines is 1. The molecule has 6 heteroatoms. The van der Waals surface area contributed by atoms with Crippen LogP contribution in [0.15, 0.2) is 41.2 Å². The molecule has 0 saturated carbocycles. The number of aromatic nitrogens is 1. The number of aryl methyl sites for hydroxylation is 1. The summed E-state index contributed by atoms with van der Waals surface area (Å²) in [5.74, 6) is 0.323. The van der Waals surface area contributed by atoms with Gasteiger partial charge in [0.15, 0.2) is 6.10 Å². The van der Waals surface area contributed by atoms with Gasteiger partial charge < -0.3 is 15.0 Å². The van der Waals surface area contributed by atoms with Crippen LogP contribution < -0.4 is 15.6 Å². The highest BCUT2D eigenvalue weighted by molar-refractivity contribution is 5.81. The zero-order chi connectivity index (χ0) is 17.8. The Morgan fingerprint density at radius 1 is 1.32 bits per heavy atom. The van der Waals surface area contributed by atoms with E-state index in [1.807, 2.05) is 6.07 Å². The van der Waals surface area contributed by atoms with Crippen molar-refractivity contribution in [1.29, 1.82) is 5.26 Å². The number of hydrogen-bond acceptors (Lipinski definition) is 4. The van der Waals surface area contributed by atoms with E-state index in [1.54, 1.807) is 37.3 Å². The molecule has 0 unspecified atom stereocenters. The van der Waals surface area contributed by atoms with Crippen LogP contribution in [0.5, 0.6) is 5.75 Å². The van der Waals surface area contributed by atoms with Crippen molar-refractivity contribution in [3.8, 4) is 11.8 Å². The van der Waals surface area contributed by atoms with Gasteiger partial charge >= 0.3 is 0 Å². The Hall–Kier alpha value is -3.07. The Kier molecular flexibility index (Phi) is 4.85. The van der Waals surface area contributed by atoms with E-state index in [0.717, 1.165) is 30.5 Å². The summed E-state index contributed by atoms with van der Waals surface area (Å²) in [5, 5.41) is 11.8. The number of hydrogen-bond donors (Lipinski definition) is 2. The molecule has 1 amide bonds. The van der Waals surface area contributed by atoms with Crippen molar-refractivity contribution in [2.45, 2.75) is 38.3 Å². The average molecular weight is 337 g/mol. The minimum Gasteiger partial charge on any atom is -0.481 e. The van der Waals surface area contributed by atoms with E-state index < -0.39 is 6.10 Å². The molecule has 0 saturated heterocycles. The predicted octanol–water partition coefficient (Wildman–Crippen LogP) is 2.21. The number of benzene rings is 1. The number of carbonyl (C=O) groups is 1. The van der Waals surface area contributed by atoms with E-state index in [1.165, 1.54) is 6.07 Å². The fraction of sp³-hybridized carbons (Fsp3) is 0.316. The molecule has 2 atom stereocenters. The van der Waals surface area contributed by atoms with Gasteiger partial charge in [-0.15, -0.1) is 0 Å². The Balaban J connectivity index is 1.66. The molecule has 1 aromatic heterocycles. The number of ether oxygens (including phenoxy) is 1. The molecule has 2 N–H and O–H groups in total. The molecule has 0 fully saturated rings. The van der Waals surface area contributed by atoms with Crippen molar-refractivity contribution in [1.82, 2.24) is 10.3 Å². The molecule has 2 aromatic rings. The zero-order valence-electron chi connectivity index (χ0n) is 13.9. The summed E-state index contributed by atoms with van der Waals surface area (Å²) in [6, 6.07) is 11.8. The summed E-state index contributed by atoms with van der Waals surface area (Å²) in [7, 11) is 0. The van der Waals surface area contributed by atoms with Crippen LogP contribution in [0.1, 0.15) is 42.6 Å². The quantitative estimate of drug-likeness (QED) is 0.894. The van der Waals surface area contributed by atoms with Crippen LogP contribution in [0, 0.1) is 11.3 Å². The van der Waals surface area contributed by atoms with Crippen molar-refractivity contribution in [3.05, 3.63) is 63.6 Å². The van der Waals surface area contributed by atoms with Gasteiger partial charge in [-0.2, -0.15) is 5.26 Å². The van der Waals surface area contributed by atoms with Gasteiger partial charge in [0.05, 0.1) is 17.7 Å². The van der Waals surface area contributed by atoms with Gasteiger partial charge in [-0.1, -0.05) is 0 Å². The molecular formula is C19H19N3O3. The van der Waals surface area contributed by atoms with Crippen molar-refractivity contribution in [2.24, 2.45) is 0 Å². The molecule has 1 aromatic carbocycles. The Labute approximate surface area is 145 Å². The van der Waals surface area contributed by atoms with E-state index in [-0.39, 0.29) is 17.5 Å². The topological polar surface area (TPSA) is 95.0 Å². The zero-order valence-corrected chi connectivity index (χ0v) is 13.9. The maximum atomic E-state index is 12.5. The SMILES string of the molecule is C[C@H](Oc1ccc(C#N)cc1)C(=O)N[C@H]1CCCc2[nH]c(=O)ccc21. The van der Waals surface area contributed by atoms with Crippen LogP contribution in [0.25, 0.3) is 0 Å². The fourth-order valence-corrected chi connectivity index (χ4v) is 3.01. The maximum Gasteiger partial charge on any atom is 0.261 e. The number of amides is 1. The Morgan fingerprint density at radius 3 is 2.80 bits per heavy atom. The highest BCUT2D eigenvalue weighted by Crippen LogP contribution is 2.27. The molecule has 3 rings (SSSR count). The standard InChI is InChI=1S/C19H19N3O3/c1-12(25-14-7-5-13(11-20)6-8-14)19(24)22-17-4-2-3-16-15(17)9-10-18(23)21-16/h5-10,12,17H,2-4H2,1H3,(H,21,23)(H,22,24)/t12-,17-/m0/s1. The van der Waals surface area contributed by atoms with Crippen molar-refractivity contribution >= 4 is 5.91 Å². The Morgan fingerprint density at radius 2 is 2.08 bits per heavy atom. The van der Waals surface area contributed by atoms with Gasteiger partial charge in [-0.05, 0) is 62.1 Å². The lowest BCUT2D eigenvalue weighted by Gasteiger charge is -2.27.